The Labute approximate surface area is 209 Å². The number of ether oxygens (including phenoxy) is 3. The minimum Gasteiger partial charge on any atom is -0.493 e. The summed E-state index contributed by atoms with van der Waals surface area (Å²) < 4.78 is 55.8. The van der Waals surface area contributed by atoms with E-state index < -0.39 is 23.7 Å². The second-order valence-electron chi connectivity index (χ2n) is 7.12. The summed E-state index contributed by atoms with van der Waals surface area (Å²) in [6.07, 6.45) is -4.72. The minimum absolute atomic E-state index is 0.00994. The number of carbonyl (C=O) groups is 2. The molecule has 1 heterocycles. The van der Waals surface area contributed by atoms with E-state index in [-0.39, 0.29) is 23.2 Å². The first kappa shape index (κ1) is 26.8. The lowest BCUT2D eigenvalue weighted by molar-refractivity contribution is -0.141. The smallest absolute Gasteiger partial charge is 0.433 e. The molecule has 0 atom stereocenters. The van der Waals surface area contributed by atoms with Crippen LogP contribution in [0.5, 0.6) is 11.5 Å². The van der Waals surface area contributed by atoms with Crippen LogP contribution in [0.15, 0.2) is 53.7 Å². The van der Waals surface area contributed by atoms with Gasteiger partial charge in [-0.1, -0.05) is 11.8 Å². The van der Waals surface area contributed by atoms with Crippen molar-refractivity contribution in [2.24, 2.45) is 0 Å². The summed E-state index contributed by atoms with van der Waals surface area (Å²) in [5.74, 6) is -0.486. The quantitative estimate of drug-likeness (QED) is 0.236. The molecule has 0 radical (unpaired) electrons. The van der Waals surface area contributed by atoms with Crippen molar-refractivity contribution in [1.29, 1.82) is 0 Å². The number of nitrogens with zero attached hydrogens (tertiary/aromatic N) is 2. The molecule has 3 aromatic rings. The molecule has 0 saturated heterocycles. The molecule has 3 rings (SSSR count). The average molecular weight is 522 g/mol. The number of methoxy groups -OCH3 is 2. The lowest BCUT2D eigenvalue weighted by Gasteiger charge is -2.12. The summed E-state index contributed by atoms with van der Waals surface area (Å²) in [5.41, 5.74) is -0.0436. The topological polar surface area (TPSA) is 99.6 Å². The molecule has 1 amide bonds. The van der Waals surface area contributed by atoms with Gasteiger partial charge in [0.05, 0.1) is 37.8 Å². The Hall–Kier alpha value is -3.80. The summed E-state index contributed by atoms with van der Waals surface area (Å²) >= 11 is 0.755. The van der Waals surface area contributed by atoms with E-state index in [1.165, 1.54) is 44.6 Å². The number of thioether (sulfide) groups is 1. The molecule has 0 spiro atoms. The molecular weight excluding hydrogens is 499 g/mol. The summed E-state index contributed by atoms with van der Waals surface area (Å²) in [5, 5.41) is 2.39. The van der Waals surface area contributed by atoms with Crippen LogP contribution in [-0.4, -0.2) is 48.4 Å². The van der Waals surface area contributed by atoms with Gasteiger partial charge < -0.3 is 19.5 Å². The van der Waals surface area contributed by atoms with E-state index in [1.54, 1.807) is 19.1 Å². The highest BCUT2D eigenvalue weighted by molar-refractivity contribution is 7.99. The van der Waals surface area contributed by atoms with E-state index >= 15 is 0 Å². The molecule has 0 fully saturated rings. The fraction of sp³-hybridized carbons (Fsp3) is 0.250. The molecule has 0 aliphatic rings. The number of anilines is 1. The SMILES string of the molecule is CCOC(=O)c1ccc(NC(=O)CSc2nc(-c3ccc(OC)c(OC)c3)cc(C(F)(F)F)n2)cc1. The Kier molecular flexibility index (Phi) is 8.75. The minimum atomic E-state index is -4.72. The molecule has 0 unspecified atom stereocenters. The van der Waals surface area contributed by atoms with Crippen LogP contribution < -0.4 is 14.8 Å². The molecule has 0 aliphatic carbocycles. The third-order valence-electron chi connectivity index (χ3n) is 4.69. The van der Waals surface area contributed by atoms with E-state index in [0.29, 0.717) is 28.3 Å². The van der Waals surface area contributed by atoms with Gasteiger partial charge in [0.2, 0.25) is 5.91 Å². The van der Waals surface area contributed by atoms with Crippen molar-refractivity contribution in [2.75, 3.05) is 31.9 Å². The number of benzene rings is 2. The second-order valence-corrected chi connectivity index (χ2v) is 8.07. The standard InChI is InChI=1S/C24H22F3N3O5S/c1-4-35-22(32)14-5-8-16(9-6-14)28-21(31)13-36-23-29-17(12-20(30-23)24(25,26)27)15-7-10-18(33-2)19(11-15)34-3/h5-12H,4,13H2,1-3H3,(H,28,31). The molecule has 8 nitrogen and oxygen atoms in total. The fourth-order valence-electron chi connectivity index (χ4n) is 3.01. The summed E-state index contributed by atoms with van der Waals surface area (Å²) in [4.78, 5) is 31.9. The number of hydrogen-bond acceptors (Lipinski definition) is 8. The van der Waals surface area contributed by atoms with Crippen molar-refractivity contribution in [3.05, 3.63) is 59.8 Å². The van der Waals surface area contributed by atoms with E-state index in [0.717, 1.165) is 17.8 Å². The Morgan fingerprint density at radius 3 is 2.28 bits per heavy atom. The molecule has 1 aromatic heterocycles. The Morgan fingerprint density at radius 1 is 0.972 bits per heavy atom. The summed E-state index contributed by atoms with van der Waals surface area (Å²) in [6, 6.07) is 11.5. The first-order valence-electron chi connectivity index (χ1n) is 10.5. The number of halogens is 3. The maximum atomic E-state index is 13.5. The number of esters is 1. The van der Waals surface area contributed by atoms with Crippen LogP contribution in [0, 0.1) is 0 Å². The van der Waals surface area contributed by atoms with E-state index in [2.05, 4.69) is 15.3 Å². The highest BCUT2D eigenvalue weighted by atomic mass is 32.2. The van der Waals surface area contributed by atoms with Crippen molar-refractivity contribution in [1.82, 2.24) is 9.97 Å². The zero-order valence-corrected chi connectivity index (χ0v) is 20.3. The van der Waals surface area contributed by atoms with Gasteiger partial charge in [-0.2, -0.15) is 13.2 Å². The maximum Gasteiger partial charge on any atom is 0.433 e. The molecule has 190 valence electrons. The predicted molar refractivity (Wildman–Crippen MR) is 127 cm³/mol. The number of carbonyl (C=O) groups excluding carboxylic acids is 2. The Bertz CT molecular complexity index is 1240. The van der Waals surface area contributed by atoms with Crippen LogP contribution in [0.3, 0.4) is 0 Å². The zero-order valence-electron chi connectivity index (χ0n) is 19.5. The monoisotopic (exact) mass is 521 g/mol. The molecular formula is C24H22F3N3O5S. The second kappa shape index (κ2) is 11.8. The Balaban J connectivity index is 1.76. The number of hydrogen-bond donors (Lipinski definition) is 1. The van der Waals surface area contributed by atoms with Gasteiger partial charge in [0.1, 0.15) is 5.69 Å². The van der Waals surface area contributed by atoms with Gasteiger partial charge >= 0.3 is 12.1 Å². The van der Waals surface area contributed by atoms with E-state index in [4.69, 9.17) is 14.2 Å². The van der Waals surface area contributed by atoms with Crippen molar-refractivity contribution >= 4 is 29.3 Å². The average Bonchev–Trinajstić information content (AvgIpc) is 2.87. The van der Waals surface area contributed by atoms with Crippen LogP contribution in [0.4, 0.5) is 18.9 Å². The zero-order chi connectivity index (χ0) is 26.3. The van der Waals surface area contributed by atoms with Gasteiger partial charge in [0.15, 0.2) is 16.7 Å². The van der Waals surface area contributed by atoms with Crippen LogP contribution >= 0.6 is 11.8 Å². The predicted octanol–water partition coefficient (Wildman–Crippen LogP) is 5.09. The lowest BCUT2D eigenvalue weighted by Crippen LogP contribution is -2.15. The molecule has 0 bridgehead atoms. The van der Waals surface area contributed by atoms with E-state index in [9.17, 15) is 22.8 Å². The van der Waals surface area contributed by atoms with E-state index in [1.807, 2.05) is 0 Å². The number of rotatable bonds is 9. The molecule has 36 heavy (non-hydrogen) atoms. The van der Waals surface area contributed by atoms with Crippen molar-refractivity contribution < 1.29 is 37.0 Å². The van der Waals surface area contributed by atoms with Crippen molar-refractivity contribution in [2.45, 2.75) is 18.3 Å². The number of nitrogens with one attached hydrogen (secondary N) is 1. The molecule has 1 N–H and O–H groups in total. The van der Waals surface area contributed by atoms with Crippen LogP contribution in [0.2, 0.25) is 0 Å². The van der Waals surface area contributed by atoms with Crippen LogP contribution in [-0.2, 0) is 15.7 Å². The maximum absolute atomic E-state index is 13.5. The highest BCUT2D eigenvalue weighted by Gasteiger charge is 2.34. The summed E-state index contributed by atoms with van der Waals surface area (Å²) in [6.45, 7) is 1.93. The third-order valence-corrected chi connectivity index (χ3v) is 5.53. The van der Waals surface area contributed by atoms with Gasteiger partial charge in [-0.15, -0.1) is 0 Å². The van der Waals surface area contributed by atoms with Crippen molar-refractivity contribution in [3.8, 4) is 22.8 Å². The Morgan fingerprint density at radius 2 is 1.67 bits per heavy atom. The first-order chi connectivity index (χ1) is 17.1. The largest absolute Gasteiger partial charge is 0.493 e. The molecule has 0 aliphatic heterocycles. The van der Waals surface area contributed by atoms with Gasteiger partial charge in [0, 0.05) is 11.3 Å². The fourth-order valence-corrected chi connectivity index (χ4v) is 3.67. The van der Waals surface area contributed by atoms with Crippen LogP contribution in [0.25, 0.3) is 11.3 Å². The lowest BCUT2D eigenvalue weighted by atomic mass is 10.1. The highest BCUT2D eigenvalue weighted by Crippen LogP contribution is 2.35. The molecule has 2 aromatic carbocycles. The summed E-state index contributed by atoms with van der Waals surface area (Å²) in [7, 11) is 2.85. The molecule has 0 saturated carbocycles. The van der Waals surface area contributed by atoms with Gasteiger partial charge in [0.25, 0.3) is 0 Å². The third kappa shape index (κ3) is 6.87. The van der Waals surface area contributed by atoms with Gasteiger partial charge in [-0.25, -0.2) is 14.8 Å². The number of amides is 1. The number of aromatic nitrogens is 2. The van der Waals surface area contributed by atoms with Crippen molar-refractivity contribution in [3.63, 3.8) is 0 Å². The van der Waals surface area contributed by atoms with Gasteiger partial charge in [-0.05, 0) is 55.5 Å². The normalized spacial score (nSPS) is 11.1. The number of alkyl halides is 3. The van der Waals surface area contributed by atoms with Gasteiger partial charge in [-0.3, -0.25) is 4.79 Å². The first-order valence-corrected chi connectivity index (χ1v) is 11.5. The van der Waals surface area contributed by atoms with Crippen LogP contribution in [0.1, 0.15) is 23.0 Å². The molecule has 12 heteroatoms.